The van der Waals surface area contributed by atoms with Gasteiger partial charge in [0, 0.05) is 51.4 Å². The standard InChI is InChI=1S/C21H29N5O5S/c1-13(27)25-6-2-15(10-25)22-19-18-17(5-9-32(18)29)23-21(24-19)26-11-16(12-26)31-20(28)14-3-7-30-8-4-14/h14-16H,2-12H2,1H3,(H,22,23,24)/t15-,32?/m1/s1. The third kappa shape index (κ3) is 4.32. The van der Waals surface area contributed by atoms with Gasteiger partial charge in [0.05, 0.1) is 35.5 Å². The number of anilines is 2. The zero-order chi connectivity index (χ0) is 22.2. The molecule has 4 aliphatic heterocycles. The van der Waals surface area contributed by atoms with Gasteiger partial charge < -0.3 is 24.6 Å². The Balaban J connectivity index is 1.24. The summed E-state index contributed by atoms with van der Waals surface area (Å²) in [5.41, 5.74) is 0.819. The van der Waals surface area contributed by atoms with Crippen LogP contribution in [0.4, 0.5) is 11.8 Å². The van der Waals surface area contributed by atoms with Gasteiger partial charge in [0.25, 0.3) is 0 Å². The average molecular weight is 464 g/mol. The molecule has 0 saturated carbocycles. The first-order chi connectivity index (χ1) is 15.5. The van der Waals surface area contributed by atoms with Gasteiger partial charge >= 0.3 is 5.97 Å². The molecule has 0 aromatic carbocycles. The summed E-state index contributed by atoms with van der Waals surface area (Å²) in [6, 6.07) is 0.0768. The summed E-state index contributed by atoms with van der Waals surface area (Å²) in [4.78, 5) is 37.9. The number of hydrogen-bond acceptors (Lipinski definition) is 9. The molecule has 1 unspecified atom stereocenters. The first-order valence-corrected chi connectivity index (χ1v) is 12.6. The fourth-order valence-electron chi connectivity index (χ4n) is 4.65. The Hall–Kier alpha value is -2.27. The second kappa shape index (κ2) is 8.93. The molecule has 1 N–H and O–H groups in total. The van der Waals surface area contributed by atoms with E-state index in [0.717, 1.165) is 25.0 Å². The lowest BCUT2D eigenvalue weighted by molar-refractivity contribution is -0.158. The van der Waals surface area contributed by atoms with Crippen LogP contribution in [0.2, 0.25) is 0 Å². The van der Waals surface area contributed by atoms with E-state index in [2.05, 4.69) is 10.3 Å². The van der Waals surface area contributed by atoms with E-state index in [-0.39, 0.29) is 29.9 Å². The molecule has 1 aromatic heterocycles. The summed E-state index contributed by atoms with van der Waals surface area (Å²) < 4.78 is 23.5. The summed E-state index contributed by atoms with van der Waals surface area (Å²) in [5, 5.41) is 3.42. The van der Waals surface area contributed by atoms with E-state index in [4.69, 9.17) is 14.5 Å². The van der Waals surface area contributed by atoms with Crippen molar-refractivity contribution in [2.45, 2.75) is 49.6 Å². The Bertz CT molecular complexity index is 931. The molecule has 11 heteroatoms. The van der Waals surface area contributed by atoms with Crippen molar-refractivity contribution < 1.29 is 23.3 Å². The third-order valence-corrected chi connectivity index (χ3v) is 8.08. The number of carbonyl (C=O) groups excluding carboxylic acids is 2. The Labute approximate surface area is 189 Å². The SMILES string of the molecule is CC(=O)N1CC[C@@H](Nc2nc(N3CC(OC(=O)C4CCOCC4)C3)nc3c2S(=O)CC3)C1. The lowest BCUT2D eigenvalue weighted by atomic mass is 10.0. The number of aryl methyl sites for hydroxylation is 1. The third-order valence-electron chi connectivity index (χ3n) is 6.62. The highest BCUT2D eigenvalue weighted by Gasteiger charge is 2.36. The molecule has 174 valence electrons. The van der Waals surface area contributed by atoms with Gasteiger partial charge in [0.15, 0.2) is 0 Å². The first kappa shape index (κ1) is 21.6. The van der Waals surface area contributed by atoms with Crippen LogP contribution in [-0.4, -0.2) is 88.2 Å². The van der Waals surface area contributed by atoms with Crippen LogP contribution in [0.25, 0.3) is 0 Å². The van der Waals surface area contributed by atoms with Crippen molar-refractivity contribution in [2.75, 3.05) is 55.4 Å². The van der Waals surface area contributed by atoms with Crippen LogP contribution in [0.15, 0.2) is 4.90 Å². The van der Waals surface area contributed by atoms with Gasteiger partial charge in [0.2, 0.25) is 11.9 Å². The Morgan fingerprint density at radius 2 is 1.94 bits per heavy atom. The van der Waals surface area contributed by atoms with Crippen LogP contribution in [0.1, 0.15) is 31.9 Å². The lowest BCUT2D eigenvalue weighted by Gasteiger charge is -2.39. The molecule has 5 rings (SSSR count). The van der Waals surface area contributed by atoms with Crippen molar-refractivity contribution in [3.63, 3.8) is 0 Å². The van der Waals surface area contributed by atoms with E-state index in [1.54, 1.807) is 6.92 Å². The number of carbonyl (C=O) groups is 2. The summed E-state index contributed by atoms with van der Waals surface area (Å²) in [6.45, 7) is 5.24. The number of likely N-dealkylation sites (tertiary alicyclic amines) is 1. The predicted molar refractivity (Wildman–Crippen MR) is 117 cm³/mol. The molecular weight excluding hydrogens is 434 g/mol. The Morgan fingerprint density at radius 3 is 2.66 bits per heavy atom. The highest BCUT2D eigenvalue weighted by Crippen LogP contribution is 2.32. The number of fused-ring (bicyclic) bond motifs is 1. The van der Waals surface area contributed by atoms with Gasteiger partial charge in [-0.25, -0.2) is 4.98 Å². The number of nitrogens with one attached hydrogen (secondary N) is 1. The second-order valence-electron chi connectivity index (χ2n) is 8.89. The zero-order valence-corrected chi connectivity index (χ0v) is 19.1. The van der Waals surface area contributed by atoms with E-state index in [1.165, 1.54) is 0 Å². The molecule has 1 aromatic rings. The summed E-state index contributed by atoms with van der Waals surface area (Å²) in [5.74, 6) is 1.59. The topological polar surface area (TPSA) is 114 Å². The molecule has 1 amide bonds. The number of ether oxygens (including phenoxy) is 2. The minimum absolute atomic E-state index is 0.0633. The molecule has 0 spiro atoms. The lowest BCUT2D eigenvalue weighted by Crippen LogP contribution is -2.54. The highest BCUT2D eigenvalue weighted by molar-refractivity contribution is 7.85. The predicted octanol–water partition coefficient (Wildman–Crippen LogP) is 0.331. The van der Waals surface area contributed by atoms with Crippen LogP contribution in [-0.2, 0) is 36.3 Å². The highest BCUT2D eigenvalue weighted by atomic mass is 32.2. The van der Waals surface area contributed by atoms with Crippen molar-refractivity contribution in [1.29, 1.82) is 0 Å². The Kier molecular flexibility index (Phi) is 6.02. The smallest absolute Gasteiger partial charge is 0.309 e. The molecule has 0 radical (unpaired) electrons. The molecular formula is C21H29N5O5S. The van der Waals surface area contributed by atoms with Crippen molar-refractivity contribution in [3.8, 4) is 0 Å². The fraction of sp³-hybridized carbons (Fsp3) is 0.714. The zero-order valence-electron chi connectivity index (χ0n) is 18.2. The maximum atomic E-state index is 12.6. The van der Waals surface area contributed by atoms with Crippen molar-refractivity contribution in [2.24, 2.45) is 5.92 Å². The van der Waals surface area contributed by atoms with Gasteiger partial charge in [-0.05, 0) is 19.3 Å². The van der Waals surface area contributed by atoms with Crippen LogP contribution in [0.3, 0.4) is 0 Å². The van der Waals surface area contributed by atoms with Gasteiger partial charge in [-0.2, -0.15) is 4.98 Å². The molecule has 3 fully saturated rings. The molecule has 32 heavy (non-hydrogen) atoms. The van der Waals surface area contributed by atoms with Gasteiger partial charge in [-0.1, -0.05) is 0 Å². The normalized spacial score (nSPS) is 26.0. The maximum Gasteiger partial charge on any atom is 0.309 e. The number of hydrogen-bond donors (Lipinski definition) is 1. The van der Waals surface area contributed by atoms with Gasteiger partial charge in [0.1, 0.15) is 16.8 Å². The van der Waals surface area contributed by atoms with E-state index >= 15 is 0 Å². The number of amides is 1. The van der Waals surface area contributed by atoms with E-state index in [0.29, 0.717) is 68.2 Å². The molecule has 10 nitrogen and oxygen atoms in total. The monoisotopic (exact) mass is 463 g/mol. The summed E-state index contributed by atoms with van der Waals surface area (Å²) in [6.07, 6.45) is 2.77. The van der Waals surface area contributed by atoms with Crippen molar-refractivity contribution in [3.05, 3.63) is 5.69 Å². The van der Waals surface area contributed by atoms with Gasteiger partial charge in [-0.15, -0.1) is 0 Å². The largest absolute Gasteiger partial charge is 0.458 e. The van der Waals surface area contributed by atoms with Gasteiger partial charge in [-0.3, -0.25) is 13.8 Å². The van der Waals surface area contributed by atoms with Crippen LogP contribution in [0, 0.1) is 5.92 Å². The molecule has 2 atom stereocenters. The minimum atomic E-state index is -1.12. The molecule has 4 aliphatic rings. The van der Waals surface area contributed by atoms with Crippen LogP contribution in [0.5, 0.6) is 0 Å². The van der Waals surface area contributed by atoms with Crippen LogP contribution >= 0.6 is 0 Å². The molecule has 3 saturated heterocycles. The minimum Gasteiger partial charge on any atom is -0.458 e. The molecule has 0 aliphatic carbocycles. The fourth-order valence-corrected chi connectivity index (χ4v) is 5.96. The van der Waals surface area contributed by atoms with Crippen LogP contribution < -0.4 is 10.2 Å². The van der Waals surface area contributed by atoms with E-state index in [1.807, 2.05) is 9.80 Å². The number of rotatable bonds is 5. The number of esters is 1. The number of aromatic nitrogens is 2. The Morgan fingerprint density at radius 1 is 1.16 bits per heavy atom. The molecule has 5 heterocycles. The quantitative estimate of drug-likeness (QED) is 0.617. The second-order valence-corrected chi connectivity index (χ2v) is 10.4. The average Bonchev–Trinajstić information content (AvgIpc) is 3.38. The molecule has 0 bridgehead atoms. The summed E-state index contributed by atoms with van der Waals surface area (Å²) in [7, 11) is -1.12. The maximum absolute atomic E-state index is 12.6. The first-order valence-electron chi connectivity index (χ1n) is 11.3. The van der Waals surface area contributed by atoms with Crippen molar-refractivity contribution >= 4 is 34.4 Å². The summed E-state index contributed by atoms with van der Waals surface area (Å²) >= 11 is 0. The van der Waals surface area contributed by atoms with Crippen molar-refractivity contribution in [1.82, 2.24) is 14.9 Å². The number of nitrogens with zero attached hydrogens (tertiary/aromatic N) is 4. The van der Waals surface area contributed by atoms with E-state index in [9.17, 15) is 13.8 Å². The van der Waals surface area contributed by atoms with E-state index < -0.39 is 10.8 Å².